The van der Waals surface area contributed by atoms with Gasteiger partial charge in [0.2, 0.25) is 0 Å². The molecule has 0 saturated carbocycles. The molecule has 1 N–H and O–H groups in total. The lowest BCUT2D eigenvalue weighted by Crippen LogP contribution is -2.02. The van der Waals surface area contributed by atoms with Crippen molar-refractivity contribution in [3.05, 3.63) is 45.6 Å². The van der Waals surface area contributed by atoms with Crippen molar-refractivity contribution in [1.29, 1.82) is 0 Å². The third-order valence-corrected chi connectivity index (χ3v) is 2.53. The molecule has 0 unspecified atom stereocenters. The van der Waals surface area contributed by atoms with Crippen LogP contribution in [-0.2, 0) is 0 Å². The monoisotopic (exact) mass is 254 g/mol. The van der Waals surface area contributed by atoms with Crippen LogP contribution >= 0.6 is 11.8 Å². The third-order valence-electron chi connectivity index (χ3n) is 1.89. The van der Waals surface area contributed by atoms with Crippen LogP contribution in [-0.4, -0.2) is 17.8 Å². The van der Waals surface area contributed by atoms with Crippen molar-refractivity contribution < 1.29 is 9.66 Å². The Balaban J connectivity index is 2.89. The van der Waals surface area contributed by atoms with Gasteiger partial charge in [-0.25, -0.2) is 0 Å². The van der Waals surface area contributed by atoms with Gasteiger partial charge in [-0.3, -0.25) is 10.1 Å². The lowest BCUT2D eigenvalue weighted by Gasteiger charge is -2.11. The van der Waals surface area contributed by atoms with Crippen molar-refractivity contribution in [2.45, 2.75) is 6.92 Å². The summed E-state index contributed by atoms with van der Waals surface area (Å²) >= 11 is 1.27. The number of nitrogens with one attached hydrogen (secondary N) is 1. The van der Waals surface area contributed by atoms with E-state index in [1.807, 2.05) is 31.2 Å². The zero-order chi connectivity index (χ0) is 12.7. The highest BCUT2D eigenvalue weighted by molar-refractivity contribution is 8.02. The van der Waals surface area contributed by atoms with Gasteiger partial charge in [-0.2, -0.15) is 0 Å². The highest BCUT2D eigenvalue weighted by atomic mass is 32.2. The van der Waals surface area contributed by atoms with Gasteiger partial charge in [-0.05, 0) is 25.3 Å². The van der Waals surface area contributed by atoms with Crippen molar-refractivity contribution in [3.8, 4) is 5.75 Å². The van der Waals surface area contributed by atoms with Crippen molar-refractivity contribution in [3.63, 3.8) is 0 Å². The van der Waals surface area contributed by atoms with Crippen LogP contribution in [0.5, 0.6) is 5.75 Å². The van der Waals surface area contributed by atoms with Crippen LogP contribution in [0, 0.1) is 10.1 Å². The van der Waals surface area contributed by atoms with E-state index in [0.717, 1.165) is 11.9 Å². The molecule has 17 heavy (non-hydrogen) atoms. The van der Waals surface area contributed by atoms with Crippen LogP contribution in [0.2, 0.25) is 0 Å². The molecule has 0 aliphatic heterocycles. The fourth-order valence-corrected chi connectivity index (χ4v) is 1.62. The van der Waals surface area contributed by atoms with E-state index < -0.39 is 4.92 Å². The molecule has 0 aromatic heterocycles. The van der Waals surface area contributed by atoms with Crippen molar-refractivity contribution in [1.82, 2.24) is 0 Å². The first kappa shape index (κ1) is 13.4. The normalized spacial score (nSPS) is 11.1. The maximum atomic E-state index is 10.4. The predicted molar refractivity (Wildman–Crippen MR) is 69.8 cm³/mol. The van der Waals surface area contributed by atoms with Gasteiger partial charge in [0.05, 0.1) is 17.2 Å². The number of thioether (sulfide) groups is 1. The average molecular weight is 254 g/mol. The second kappa shape index (κ2) is 6.80. The summed E-state index contributed by atoms with van der Waals surface area (Å²) in [5.74, 6) is 0.679. The van der Waals surface area contributed by atoms with E-state index >= 15 is 0 Å². The van der Waals surface area contributed by atoms with Crippen LogP contribution in [0.4, 0.5) is 5.69 Å². The molecule has 0 saturated heterocycles. The van der Waals surface area contributed by atoms with E-state index in [1.165, 1.54) is 11.8 Å². The van der Waals surface area contributed by atoms with Gasteiger partial charge in [0, 0.05) is 0 Å². The molecule has 0 bridgehead atoms. The molecule has 0 fully saturated rings. The molecule has 1 aromatic carbocycles. The quantitative estimate of drug-likeness (QED) is 0.624. The number of rotatable bonds is 6. The van der Waals surface area contributed by atoms with E-state index in [-0.39, 0.29) is 0 Å². The summed E-state index contributed by atoms with van der Waals surface area (Å²) in [5, 5.41) is 13.8. The van der Waals surface area contributed by atoms with Crippen LogP contribution in [0.15, 0.2) is 35.5 Å². The summed E-state index contributed by atoms with van der Waals surface area (Å²) in [6.45, 7) is 2.44. The lowest BCUT2D eigenvalue weighted by molar-refractivity contribution is -0.402. The minimum Gasteiger partial charge on any atom is -0.492 e. The summed E-state index contributed by atoms with van der Waals surface area (Å²) in [6.07, 6.45) is 2.71. The number of para-hydroxylation sites is 2. The molecule has 0 radical (unpaired) electrons. The summed E-state index contributed by atoms with van der Waals surface area (Å²) in [5.41, 5.74) is 0.719. The molecule has 0 amide bonds. The first-order chi connectivity index (χ1) is 8.17. The molecule has 0 heterocycles. The predicted octanol–water partition coefficient (Wildman–Crippen LogP) is 2.94. The Labute approximate surface area is 104 Å². The second-order valence-electron chi connectivity index (χ2n) is 3.04. The maximum absolute atomic E-state index is 10.4. The smallest absolute Gasteiger partial charge is 0.264 e. The number of anilines is 1. The van der Waals surface area contributed by atoms with Gasteiger partial charge in [-0.1, -0.05) is 12.1 Å². The zero-order valence-electron chi connectivity index (χ0n) is 9.67. The summed E-state index contributed by atoms with van der Waals surface area (Å²) in [4.78, 5) is 9.93. The summed E-state index contributed by atoms with van der Waals surface area (Å²) < 4.78 is 5.42. The molecule has 92 valence electrons. The molecular weight excluding hydrogens is 240 g/mol. The first-order valence-corrected chi connectivity index (χ1v) is 6.28. The molecule has 1 aromatic rings. The second-order valence-corrected chi connectivity index (χ2v) is 3.89. The Kier molecular flexibility index (Phi) is 5.35. The van der Waals surface area contributed by atoms with Crippen molar-refractivity contribution in [2.75, 3.05) is 18.2 Å². The van der Waals surface area contributed by atoms with Crippen molar-refractivity contribution >= 4 is 17.4 Å². The Morgan fingerprint density at radius 1 is 1.59 bits per heavy atom. The van der Waals surface area contributed by atoms with Gasteiger partial charge >= 0.3 is 0 Å². The van der Waals surface area contributed by atoms with Gasteiger partial charge in [0.15, 0.2) is 0 Å². The highest BCUT2D eigenvalue weighted by Crippen LogP contribution is 2.27. The highest BCUT2D eigenvalue weighted by Gasteiger charge is 2.06. The maximum Gasteiger partial charge on any atom is 0.264 e. The zero-order valence-corrected chi connectivity index (χ0v) is 10.5. The lowest BCUT2D eigenvalue weighted by atomic mass is 10.3. The molecule has 0 aliphatic rings. The van der Waals surface area contributed by atoms with E-state index in [2.05, 4.69) is 5.32 Å². The largest absolute Gasteiger partial charge is 0.492 e. The topological polar surface area (TPSA) is 64.4 Å². The number of hydrogen-bond donors (Lipinski definition) is 1. The number of nitrogens with zero attached hydrogens (tertiary/aromatic N) is 1. The van der Waals surface area contributed by atoms with E-state index in [9.17, 15) is 10.1 Å². The fourth-order valence-electron chi connectivity index (χ4n) is 1.22. The summed E-state index contributed by atoms with van der Waals surface area (Å²) in [7, 11) is 0. The molecule has 6 heteroatoms. The average Bonchev–Trinajstić information content (AvgIpc) is 2.30. The number of ether oxygens (including phenoxy) is 1. The van der Waals surface area contributed by atoms with E-state index in [1.54, 1.807) is 6.26 Å². The fraction of sp³-hybridized carbons (Fsp3) is 0.273. The van der Waals surface area contributed by atoms with Crippen LogP contribution in [0.25, 0.3) is 0 Å². The van der Waals surface area contributed by atoms with Crippen molar-refractivity contribution in [2.24, 2.45) is 0 Å². The summed E-state index contributed by atoms with van der Waals surface area (Å²) in [6, 6.07) is 7.33. The Hall–Kier alpha value is -1.69. The molecular formula is C11H14N2O3S. The Morgan fingerprint density at radius 3 is 2.88 bits per heavy atom. The minimum absolute atomic E-state index is 0.460. The van der Waals surface area contributed by atoms with E-state index in [4.69, 9.17) is 4.74 Å². The molecule has 5 nitrogen and oxygen atoms in total. The molecule has 0 atom stereocenters. The Bertz CT molecular complexity index is 421. The SMILES string of the molecule is CCOc1ccccc1NC(=C[N+](=O)[O-])SC. The van der Waals surface area contributed by atoms with Gasteiger partial charge in [0.25, 0.3) is 6.20 Å². The third kappa shape index (κ3) is 4.36. The first-order valence-electron chi connectivity index (χ1n) is 5.05. The number of hydrogen-bond acceptors (Lipinski definition) is 5. The van der Waals surface area contributed by atoms with Gasteiger partial charge in [-0.15, -0.1) is 11.8 Å². The molecule has 0 aliphatic carbocycles. The number of nitro groups is 1. The standard InChI is InChI=1S/C11H14N2O3S/c1-3-16-10-7-5-4-6-9(10)12-11(17-2)8-13(14)15/h4-8,12H,3H2,1-2H3. The minimum atomic E-state index is -0.484. The molecule has 1 rings (SSSR count). The van der Waals surface area contributed by atoms with Crippen LogP contribution in [0.3, 0.4) is 0 Å². The van der Waals surface area contributed by atoms with Gasteiger partial charge < -0.3 is 10.1 Å². The molecule has 0 spiro atoms. The van der Waals surface area contributed by atoms with Crippen LogP contribution < -0.4 is 10.1 Å². The number of benzene rings is 1. The van der Waals surface area contributed by atoms with Gasteiger partial charge in [0.1, 0.15) is 10.8 Å². The van der Waals surface area contributed by atoms with Crippen LogP contribution in [0.1, 0.15) is 6.92 Å². The van der Waals surface area contributed by atoms with E-state index in [0.29, 0.717) is 17.4 Å². The Morgan fingerprint density at radius 2 is 2.29 bits per heavy atom.